The summed E-state index contributed by atoms with van der Waals surface area (Å²) in [4.78, 5) is 9.99. The Labute approximate surface area is 186 Å². The summed E-state index contributed by atoms with van der Waals surface area (Å²) >= 11 is 0. The van der Waals surface area contributed by atoms with Gasteiger partial charge in [-0.25, -0.2) is 0 Å². The molecule has 7 nitrogen and oxygen atoms in total. The van der Waals surface area contributed by atoms with Crippen LogP contribution < -0.4 is 5.32 Å². The van der Waals surface area contributed by atoms with E-state index in [1.54, 1.807) is 0 Å². The standard InChI is InChI=1S/C24H36N6O/c1-4-25-24(29-10-11-31-23(18-29)22-14-27-28(3)17-22)26-13-21-12-19(2)30(16-21)15-20-8-6-5-7-9-20/h5-9,14,17,19,21,23H,4,10-13,15-16,18H2,1-3H3,(H,25,26). The molecule has 0 aliphatic carbocycles. The normalized spacial score (nSPS) is 25.2. The Morgan fingerprint density at radius 3 is 2.84 bits per heavy atom. The summed E-state index contributed by atoms with van der Waals surface area (Å²) in [5, 5.41) is 7.80. The van der Waals surface area contributed by atoms with E-state index in [4.69, 9.17) is 9.73 Å². The van der Waals surface area contributed by atoms with Gasteiger partial charge in [-0.05, 0) is 31.7 Å². The Morgan fingerprint density at radius 2 is 2.10 bits per heavy atom. The van der Waals surface area contributed by atoms with Crippen molar-refractivity contribution >= 4 is 5.96 Å². The highest BCUT2D eigenvalue weighted by molar-refractivity contribution is 5.80. The van der Waals surface area contributed by atoms with Gasteiger partial charge in [-0.3, -0.25) is 14.6 Å². The SMILES string of the molecule is CCNC(=NCC1CC(C)N(Cc2ccccc2)C1)N1CCOC(c2cnn(C)c2)C1. The highest BCUT2D eigenvalue weighted by Gasteiger charge is 2.30. The molecule has 1 aromatic heterocycles. The number of benzene rings is 1. The van der Waals surface area contributed by atoms with E-state index in [1.165, 1.54) is 12.0 Å². The number of nitrogens with one attached hydrogen (secondary N) is 1. The minimum Gasteiger partial charge on any atom is -0.370 e. The number of morpholine rings is 1. The zero-order valence-corrected chi connectivity index (χ0v) is 19.1. The number of rotatable bonds is 6. The molecule has 2 aliphatic rings. The van der Waals surface area contributed by atoms with Crippen LogP contribution in [0.25, 0.3) is 0 Å². The number of ether oxygens (including phenoxy) is 1. The summed E-state index contributed by atoms with van der Waals surface area (Å²) in [6.45, 7) is 10.7. The molecule has 0 radical (unpaired) electrons. The largest absolute Gasteiger partial charge is 0.370 e. The van der Waals surface area contributed by atoms with Gasteiger partial charge in [-0.15, -0.1) is 0 Å². The van der Waals surface area contributed by atoms with Crippen LogP contribution in [0.1, 0.15) is 37.5 Å². The fourth-order valence-corrected chi connectivity index (χ4v) is 4.68. The minimum atomic E-state index is 0.0409. The van der Waals surface area contributed by atoms with Gasteiger partial charge in [0.2, 0.25) is 0 Å². The molecule has 0 spiro atoms. The first-order valence-corrected chi connectivity index (χ1v) is 11.5. The molecule has 2 aromatic rings. The van der Waals surface area contributed by atoms with E-state index < -0.39 is 0 Å². The van der Waals surface area contributed by atoms with Crippen molar-refractivity contribution in [2.45, 2.75) is 39.0 Å². The monoisotopic (exact) mass is 424 g/mol. The first kappa shape index (κ1) is 21.8. The number of hydrogen-bond acceptors (Lipinski definition) is 4. The predicted molar refractivity (Wildman–Crippen MR) is 124 cm³/mol. The van der Waals surface area contributed by atoms with E-state index in [9.17, 15) is 0 Å². The molecule has 2 aliphatic heterocycles. The highest BCUT2D eigenvalue weighted by Crippen LogP contribution is 2.26. The van der Waals surface area contributed by atoms with Crippen LogP contribution in [-0.2, 0) is 18.3 Å². The van der Waals surface area contributed by atoms with Crippen LogP contribution in [0.3, 0.4) is 0 Å². The van der Waals surface area contributed by atoms with Gasteiger partial charge in [0.25, 0.3) is 0 Å². The lowest BCUT2D eigenvalue weighted by molar-refractivity contribution is -0.00806. The van der Waals surface area contributed by atoms with Crippen molar-refractivity contribution in [1.82, 2.24) is 24.9 Å². The van der Waals surface area contributed by atoms with Crippen molar-refractivity contribution in [1.29, 1.82) is 0 Å². The second-order valence-electron chi connectivity index (χ2n) is 8.81. The average molecular weight is 425 g/mol. The van der Waals surface area contributed by atoms with Crippen LogP contribution in [0.15, 0.2) is 47.7 Å². The summed E-state index contributed by atoms with van der Waals surface area (Å²) < 4.78 is 7.85. The molecular weight excluding hydrogens is 388 g/mol. The van der Waals surface area contributed by atoms with Crippen molar-refractivity contribution in [3.05, 3.63) is 53.9 Å². The number of hydrogen-bond donors (Lipinski definition) is 1. The third-order valence-corrected chi connectivity index (χ3v) is 6.32. The maximum atomic E-state index is 6.01. The maximum absolute atomic E-state index is 6.01. The van der Waals surface area contributed by atoms with Crippen LogP contribution in [0.4, 0.5) is 0 Å². The maximum Gasteiger partial charge on any atom is 0.194 e. The molecule has 3 atom stereocenters. The number of guanidine groups is 1. The molecule has 0 saturated carbocycles. The van der Waals surface area contributed by atoms with E-state index in [0.29, 0.717) is 18.6 Å². The molecule has 168 valence electrons. The minimum absolute atomic E-state index is 0.0409. The fourth-order valence-electron chi connectivity index (χ4n) is 4.68. The summed E-state index contributed by atoms with van der Waals surface area (Å²) in [6, 6.07) is 11.4. The van der Waals surface area contributed by atoms with Crippen molar-refractivity contribution in [2.24, 2.45) is 18.0 Å². The van der Waals surface area contributed by atoms with Crippen molar-refractivity contribution < 1.29 is 4.74 Å². The molecule has 0 bridgehead atoms. The molecule has 3 unspecified atom stereocenters. The Balaban J connectivity index is 1.36. The number of aryl methyl sites for hydroxylation is 1. The van der Waals surface area contributed by atoms with Gasteiger partial charge in [0, 0.05) is 57.6 Å². The smallest absolute Gasteiger partial charge is 0.194 e. The molecule has 1 aromatic carbocycles. The van der Waals surface area contributed by atoms with E-state index >= 15 is 0 Å². The van der Waals surface area contributed by atoms with Crippen LogP contribution in [0, 0.1) is 5.92 Å². The molecular formula is C24H36N6O. The van der Waals surface area contributed by atoms with E-state index in [0.717, 1.165) is 50.8 Å². The van der Waals surface area contributed by atoms with Gasteiger partial charge in [-0.1, -0.05) is 30.3 Å². The molecule has 0 amide bonds. The van der Waals surface area contributed by atoms with Gasteiger partial charge in [0.05, 0.1) is 19.3 Å². The number of nitrogens with zero attached hydrogens (tertiary/aromatic N) is 5. The first-order valence-electron chi connectivity index (χ1n) is 11.5. The van der Waals surface area contributed by atoms with Gasteiger partial charge in [0.1, 0.15) is 6.10 Å². The fraction of sp³-hybridized carbons (Fsp3) is 0.583. The van der Waals surface area contributed by atoms with E-state index in [2.05, 4.69) is 64.4 Å². The Hall–Kier alpha value is -2.38. The second-order valence-corrected chi connectivity index (χ2v) is 8.81. The average Bonchev–Trinajstić information content (AvgIpc) is 3.37. The van der Waals surface area contributed by atoms with Crippen LogP contribution in [0.5, 0.6) is 0 Å². The lowest BCUT2D eigenvalue weighted by Crippen LogP contribution is -2.48. The van der Waals surface area contributed by atoms with Gasteiger partial charge >= 0.3 is 0 Å². The van der Waals surface area contributed by atoms with Crippen LogP contribution in [0.2, 0.25) is 0 Å². The topological polar surface area (TPSA) is 57.9 Å². The Kier molecular flexibility index (Phi) is 7.25. The third kappa shape index (κ3) is 5.66. The lowest BCUT2D eigenvalue weighted by Gasteiger charge is -2.35. The van der Waals surface area contributed by atoms with Crippen LogP contribution in [-0.4, -0.2) is 70.9 Å². The summed E-state index contributed by atoms with van der Waals surface area (Å²) in [6.07, 6.45) is 5.19. The molecule has 4 rings (SSSR count). The van der Waals surface area contributed by atoms with Gasteiger partial charge in [0.15, 0.2) is 5.96 Å². The van der Waals surface area contributed by atoms with Crippen LogP contribution >= 0.6 is 0 Å². The summed E-state index contributed by atoms with van der Waals surface area (Å²) in [7, 11) is 1.94. The molecule has 3 heterocycles. The highest BCUT2D eigenvalue weighted by atomic mass is 16.5. The molecule has 1 N–H and O–H groups in total. The van der Waals surface area contributed by atoms with Crippen molar-refractivity contribution in [3.63, 3.8) is 0 Å². The summed E-state index contributed by atoms with van der Waals surface area (Å²) in [5.41, 5.74) is 2.52. The zero-order valence-electron chi connectivity index (χ0n) is 19.1. The molecule has 2 fully saturated rings. The Morgan fingerprint density at radius 1 is 1.26 bits per heavy atom. The quantitative estimate of drug-likeness (QED) is 0.571. The summed E-state index contributed by atoms with van der Waals surface area (Å²) in [5.74, 6) is 1.61. The van der Waals surface area contributed by atoms with Crippen molar-refractivity contribution in [3.8, 4) is 0 Å². The van der Waals surface area contributed by atoms with Gasteiger partial charge < -0.3 is 15.0 Å². The van der Waals surface area contributed by atoms with Gasteiger partial charge in [-0.2, -0.15) is 5.10 Å². The van der Waals surface area contributed by atoms with E-state index in [-0.39, 0.29) is 6.10 Å². The molecule has 31 heavy (non-hydrogen) atoms. The molecule has 7 heteroatoms. The van der Waals surface area contributed by atoms with E-state index in [1.807, 2.05) is 24.1 Å². The third-order valence-electron chi connectivity index (χ3n) is 6.32. The Bertz CT molecular complexity index is 851. The number of likely N-dealkylation sites (tertiary alicyclic amines) is 1. The second kappa shape index (κ2) is 10.3. The number of aromatic nitrogens is 2. The first-order chi connectivity index (χ1) is 15.1. The number of aliphatic imine (C=N–C) groups is 1. The predicted octanol–water partition coefficient (Wildman–Crippen LogP) is 2.67. The zero-order chi connectivity index (χ0) is 21.6. The molecule has 2 saturated heterocycles. The lowest BCUT2D eigenvalue weighted by atomic mass is 10.1. The van der Waals surface area contributed by atoms with Crippen molar-refractivity contribution in [2.75, 3.05) is 39.3 Å².